The van der Waals surface area contributed by atoms with Gasteiger partial charge in [-0.05, 0) is 56.3 Å². The fourth-order valence-corrected chi connectivity index (χ4v) is 5.69. The maximum atomic E-state index is 2.50. The van der Waals surface area contributed by atoms with Crippen LogP contribution >= 0.6 is 0 Å². The van der Waals surface area contributed by atoms with Crippen LogP contribution in [0.5, 0.6) is 0 Å². The molecule has 1 heteroatoms. The van der Waals surface area contributed by atoms with Gasteiger partial charge in [0.1, 0.15) is 0 Å². The van der Waals surface area contributed by atoms with Crippen LogP contribution in [0.25, 0.3) is 22.9 Å². The molecule has 0 amide bonds. The van der Waals surface area contributed by atoms with Crippen molar-refractivity contribution in [1.82, 2.24) is 0 Å². The lowest BCUT2D eigenvalue weighted by Crippen LogP contribution is -2.56. The molecule has 0 nitrogen and oxygen atoms in total. The van der Waals surface area contributed by atoms with Crippen LogP contribution in [0.15, 0.2) is 72.8 Å². The Morgan fingerprint density at radius 2 is 1.18 bits per heavy atom. The van der Waals surface area contributed by atoms with Gasteiger partial charge in [0, 0.05) is 0 Å². The van der Waals surface area contributed by atoms with Gasteiger partial charge in [0.05, 0.1) is 0 Å². The molecule has 4 aromatic rings. The first-order chi connectivity index (χ1) is 16.4. The summed E-state index contributed by atoms with van der Waals surface area (Å²) in [6.07, 6.45) is 4.64. The molecule has 170 valence electrons. The van der Waals surface area contributed by atoms with E-state index in [1.54, 1.807) is 0 Å². The molecule has 0 spiro atoms. The smallest absolute Gasteiger partial charge is 0.0664 e. The van der Waals surface area contributed by atoms with Gasteiger partial charge in [-0.15, -0.1) is 0 Å². The topological polar surface area (TPSA) is 0 Å². The molecule has 1 aliphatic heterocycles. The highest BCUT2D eigenvalue weighted by molar-refractivity contribution is 6.98. The summed E-state index contributed by atoms with van der Waals surface area (Å²) in [4.78, 5) is 0. The molecular weight excluding hydrogens is 407 g/mol. The van der Waals surface area contributed by atoms with Gasteiger partial charge >= 0.3 is 0 Å². The van der Waals surface area contributed by atoms with Gasteiger partial charge in [0.15, 0.2) is 0 Å². The normalized spacial score (nSPS) is 13.0. The van der Waals surface area contributed by atoms with Crippen molar-refractivity contribution in [2.75, 3.05) is 0 Å². The van der Waals surface area contributed by atoms with Gasteiger partial charge < -0.3 is 0 Å². The van der Waals surface area contributed by atoms with Crippen molar-refractivity contribution in [3.8, 4) is 0 Å². The zero-order chi connectivity index (χ0) is 24.0. The second kappa shape index (κ2) is 8.95. The van der Waals surface area contributed by atoms with Crippen molar-refractivity contribution in [3.05, 3.63) is 101 Å². The quantitative estimate of drug-likeness (QED) is 0.258. The maximum absolute atomic E-state index is 2.50. The first-order valence-corrected chi connectivity index (χ1v) is 12.8. The number of benzene rings is 4. The minimum absolute atomic E-state index is 0.198. The first-order valence-electron chi connectivity index (χ1n) is 12.8. The van der Waals surface area contributed by atoms with Gasteiger partial charge in [-0.25, -0.2) is 0 Å². The SMILES string of the molecule is CC(C)c1cc(C(C)C)c(B2c3ccccc3C=Cc3ccc4ccccc4c32)c(C(C)C)c1. The fraction of sp³-hybridized carbons (Fsp3) is 0.273. The van der Waals surface area contributed by atoms with E-state index < -0.39 is 0 Å². The summed E-state index contributed by atoms with van der Waals surface area (Å²) in [5.41, 5.74) is 11.5. The Kier molecular flexibility index (Phi) is 5.98. The summed E-state index contributed by atoms with van der Waals surface area (Å²) in [6, 6.07) is 27.5. The second-order valence-corrected chi connectivity index (χ2v) is 10.8. The van der Waals surface area contributed by atoms with Crippen molar-refractivity contribution in [2.24, 2.45) is 0 Å². The van der Waals surface area contributed by atoms with Crippen LogP contribution in [0.3, 0.4) is 0 Å². The van der Waals surface area contributed by atoms with Crippen molar-refractivity contribution in [2.45, 2.75) is 59.3 Å². The Hall–Kier alpha value is -3.06. The Bertz CT molecular complexity index is 1360. The summed E-state index contributed by atoms with van der Waals surface area (Å²) >= 11 is 0. The van der Waals surface area contributed by atoms with Crippen molar-refractivity contribution in [3.63, 3.8) is 0 Å². The molecule has 0 radical (unpaired) electrons. The van der Waals surface area contributed by atoms with E-state index >= 15 is 0 Å². The molecule has 0 N–H and O–H groups in total. The third-order valence-electron chi connectivity index (χ3n) is 7.51. The molecule has 0 fully saturated rings. The van der Waals surface area contributed by atoms with Crippen LogP contribution in [0.2, 0.25) is 0 Å². The number of hydrogen-bond donors (Lipinski definition) is 0. The Balaban J connectivity index is 1.95. The van der Waals surface area contributed by atoms with E-state index in [1.807, 2.05) is 0 Å². The Labute approximate surface area is 205 Å². The summed E-state index contributed by atoms with van der Waals surface area (Å²) in [6.45, 7) is 14.3. The number of hydrogen-bond acceptors (Lipinski definition) is 0. The lowest BCUT2D eigenvalue weighted by atomic mass is 9.33. The van der Waals surface area contributed by atoms with Crippen LogP contribution in [-0.4, -0.2) is 6.71 Å². The predicted octanol–water partition coefficient (Wildman–Crippen LogP) is 7.21. The summed E-state index contributed by atoms with van der Waals surface area (Å²) in [5.74, 6) is 1.42. The molecule has 0 aromatic heterocycles. The van der Waals surface area contributed by atoms with E-state index in [4.69, 9.17) is 0 Å². The average molecular weight is 442 g/mol. The lowest BCUT2D eigenvalue weighted by molar-refractivity contribution is 0.812. The minimum atomic E-state index is 0.198. The first kappa shape index (κ1) is 22.7. The van der Waals surface area contributed by atoms with Crippen LogP contribution in [-0.2, 0) is 0 Å². The van der Waals surface area contributed by atoms with E-state index in [9.17, 15) is 0 Å². The maximum Gasteiger partial charge on any atom is 0.244 e. The van der Waals surface area contributed by atoms with Crippen molar-refractivity contribution < 1.29 is 0 Å². The third kappa shape index (κ3) is 3.82. The molecule has 4 aromatic carbocycles. The molecule has 0 saturated heterocycles. The summed E-state index contributed by atoms with van der Waals surface area (Å²) in [5, 5.41) is 2.68. The van der Waals surface area contributed by atoms with Crippen LogP contribution in [0.4, 0.5) is 0 Å². The van der Waals surface area contributed by atoms with Crippen LogP contribution in [0.1, 0.15) is 87.1 Å². The highest BCUT2D eigenvalue weighted by atomic mass is 14.2. The highest BCUT2D eigenvalue weighted by Gasteiger charge is 2.34. The molecule has 1 aliphatic rings. The molecule has 0 aliphatic carbocycles. The minimum Gasteiger partial charge on any atom is -0.0664 e. The molecule has 1 heterocycles. The van der Waals surface area contributed by atoms with Gasteiger partial charge in [-0.1, -0.05) is 143 Å². The van der Waals surface area contributed by atoms with E-state index in [2.05, 4.69) is 126 Å². The molecule has 34 heavy (non-hydrogen) atoms. The molecule has 0 bridgehead atoms. The monoisotopic (exact) mass is 442 g/mol. The molecular formula is C33H35B. The molecule has 5 rings (SSSR count). The van der Waals surface area contributed by atoms with E-state index in [0.717, 1.165) is 0 Å². The zero-order valence-electron chi connectivity index (χ0n) is 21.4. The fourth-order valence-electron chi connectivity index (χ4n) is 5.69. The second-order valence-electron chi connectivity index (χ2n) is 10.8. The lowest BCUT2D eigenvalue weighted by Gasteiger charge is -2.29. The van der Waals surface area contributed by atoms with Crippen LogP contribution in [0, 0.1) is 0 Å². The zero-order valence-corrected chi connectivity index (χ0v) is 21.4. The summed E-state index contributed by atoms with van der Waals surface area (Å²) < 4.78 is 0. The standard InChI is InChI=1S/C33H35B/c1-21(2)27-19-29(22(3)4)33(30(20-27)23(5)6)34-31-14-10-8-12-25(31)16-18-26-17-15-24-11-7-9-13-28(24)32(26)34/h7-23H,1-6H3. The Morgan fingerprint density at radius 1 is 0.559 bits per heavy atom. The molecule has 0 unspecified atom stereocenters. The van der Waals surface area contributed by atoms with E-state index in [0.29, 0.717) is 17.8 Å². The third-order valence-corrected chi connectivity index (χ3v) is 7.51. The largest absolute Gasteiger partial charge is 0.244 e. The number of rotatable bonds is 4. The summed E-state index contributed by atoms with van der Waals surface area (Å²) in [7, 11) is 0. The highest BCUT2D eigenvalue weighted by Crippen LogP contribution is 2.28. The Morgan fingerprint density at radius 3 is 1.85 bits per heavy atom. The van der Waals surface area contributed by atoms with Crippen LogP contribution < -0.4 is 16.4 Å². The van der Waals surface area contributed by atoms with E-state index in [1.165, 1.54) is 55.0 Å². The van der Waals surface area contributed by atoms with Gasteiger partial charge in [-0.2, -0.15) is 0 Å². The van der Waals surface area contributed by atoms with Gasteiger partial charge in [0.2, 0.25) is 6.71 Å². The van der Waals surface area contributed by atoms with Gasteiger partial charge in [-0.3, -0.25) is 0 Å². The average Bonchev–Trinajstić information content (AvgIpc) is 3.00. The van der Waals surface area contributed by atoms with Crippen molar-refractivity contribution >= 4 is 46.0 Å². The molecule has 0 atom stereocenters. The van der Waals surface area contributed by atoms with Crippen molar-refractivity contribution in [1.29, 1.82) is 0 Å². The van der Waals surface area contributed by atoms with Gasteiger partial charge in [0.25, 0.3) is 0 Å². The number of fused-ring (bicyclic) bond motifs is 4. The molecule has 0 saturated carbocycles. The predicted molar refractivity (Wildman–Crippen MR) is 153 cm³/mol. The van der Waals surface area contributed by atoms with E-state index in [-0.39, 0.29) is 6.71 Å².